The Morgan fingerprint density at radius 2 is 1.50 bits per heavy atom. The Hall–Kier alpha value is -0.860. The minimum absolute atomic E-state index is 0.163. The van der Waals surface area contributed by atoms with Crippen molar-refractivity contribution in [2.24, 2.45) is 0 Å². The van der Waals surface area contributed by atoms with Gasteiger partial charge in [-0.15, -0.1) is 0 Å². The first-order valence-electron chi connectivity index (χ1n) is 4.07. The monoisotopic (exact) mass is 165 g/mol. The van der Waals surface area contributed by atoms with Gasteiger partial charge in [-0.05, 0) is 30.0 Å². The molecule has 0 aliphatic carbocycles. The smallest absolute Gasteiger partial charge is 0.0471 e. The first kappa shape index (κ1) is 9.23. The highest BCUT2D eigenvalue weighted by Gasteiger charge is 1.94. The zero-order chi connectivity index (χ0) is 8.81. The third-order valence-electron chi connectivity index (χ3n) is 1.71. The third kappa shape index (κ3) is 2.64. The van der Waals surface area contributed by atoms with Crippen LogP contribution in [-0.4, -0.2) is 23.4 Å². The standard InChI is InChI=1S/C10H13O2/c11-6-4-9-2-1-3-10(8-9)5-7-12/h2-3,8,11-12H,4-7H2. The summed E-state index contributed by atoms with van der Waals surface area (Å²) in [6, 6.07) is 8.68. The first-order chi connectivity index (χ1) is 5.86. The summed E-state index contributed by atoms with van der Waals surface area (Å²) in [6.45, 7) is 0.326. The summed E-state index contributed by atoms with van der Waals surface area (Å²) in [5, 5.41) is 17.4. The maximum Gasteiger partial charge on any atom is 0.0471 e. The fourth-order valence-electron chi connectivity index (χ4n) is 1.12. The van der Waals surface area contributed by atoms with Gasteiger partial charge in [0.25, 0.3) is 0 Å². The van der Waals surface area contributed by atoms with Gasteiger partial charge in [-0.25, -0.2) is 0 Å². The average molecular weight is 165 g/mol. The molecule has 0 fully saturated rings. The second kappa shape index (κ2) is 4.91. The second-order valence-corrected chi connectivity index (χ2v) is 2.70. The van der Waals surface area contributed by atoms with Crippen LogP contribution in [0.1, 0.15) is 11.1 Å². The van der Waals surface area contributed by atoms with Crippen molar-refractivity contribution in [2.45, 2.75) is 12.8 Å². The van der Waals surface area contributed by atoms with Crippen molar-refractivity contribution in [1.82, 2.24) is 0 Å². The maximum absolute atomic E-state index is 8.68. The quantitative estimate of drug-likeness (QED) is 0.684. The molecule has 1 aromatic rings. The van der Waals surface area contributed by atoms with E-state index in [2.05, 4.69) is 6.07 Å². The molecule has 2 nitrogen and oxygen atoms in total. The largest absolute Gasteiger partial charge is 0.396 e. The summed E-state index contributed by atoms with van der Waals surface area (Å²) < 4.78 is 0. The summed E-state index contributed by atoms with van der Waals surface area (Å²) in [7, 11) is 0. The van der Waals surface area contributed by atoms with Gasteiger partial charge in [-0.2, -0.15) is 0 Å². The number of aliphatic hydroxyl groups excluding tert-OH is 2. The second-order valence-electron chi connectivity index (χ2n) is 2.70. The van der Waals surface area contributed by atoms with Crippen LogP contribution in [0.4, 0.5) is 0 Å². The molecule has 0 unspecified atom stereocenters. The lowest BCUT2D eigenvalue weighted by atomic mass is 10.1. The molecule has 2 heteroatoms. The van der Waals surface area contributed by atoms with Gasteiger partial charge in [0.2, 0.25) is 0 Å². The summed E-state index contributed by atoms with van der Waals surface area (Å²) >= 11 is 0. The van der Waals surface area contributed by atoms with Crippen molar-refractivity contribution in [3.8, 4) is 0 Å². The highest BCUT2D eigenvalue weighted by Crippen LogP contribution is 2.05. The van der Waals surface area contributed by atoms with E-state index in [0.717, 1.165) is 11.1 Å². The molecule has 1 rings (SSSR count). The van der Waals surface area contributed by atoms with E-state index in [1.807, 2.05) is 18.2 Å². The molecule has 65 valence electrons. The minimum Gasteiger partial charge on any atom is -0.396 e. The average Bonchev–Trinajstić information content (AvgIpc) is 2.06. The summed E-state index contributed by atoms with van der Waals surface area (Å²) in [6.07, 6.45) is 1.32. The van der Waals surface area contributed by atoms with Crippen LogP contribution in [0.3, 0.4) is 0 Å². The van der Waals surface area contributed by atoms with Crippen LogP contribution in [0.25, 0.3) is 0 Å². The van der Waals surface area contributed by atoms with Gasteiger partial charge in [0.1, 0.15) is 0 Å². The zero-order valence-electron chi connectivity index (χ0n) is 6.95. The molecule has 0 saturated carbocycles. The van der Waals surface area contributed by atoms with Crippen LogP contribution in [0, 0.1) is 6.07 Å². The van der Waals surface area contributed by atoms with Crippen molar-refractivity contribution in [1.29, 1.82) is 0 Å². The summed E-state index contributed by atoms with van der Waals surface area (Å²) in [4.78, 5) is 0. The number of aliphatic hydroxyl groups is 2. The number of hydrogen-bond donors (Lipinski definition) is 2. The van der Waals surface area contributed by atoms with E-state index < -0.39 is 0 Å². The van der Waals surface area contributed by atoms with E-state index in [4.69, 9.17) is 10.2 Å². The van der Waals surface area contributed by atoms with Gasteiger partial charge in [0.05, 0.1) is 0 Å². The molecule has 1 radical (unpaired) electrons. The molecule has 0 aromatic heterocycles. The molecule has 1 aromatic carbocycles. The van der Waals surface area contributed by atoms with E-state index in [0.29, 0.717) is 12.8 Å². The minimum atomic E-state index is 0.163. The van der Waals surface area contributed by atoms with Crippen LogP contribution in [0.2, 0.25) is 0 Å². The Bertz CT molecular complexity index is 212. The van der Waals surface area contributed by atoms with Crippen LogP contribution < -0.4 is 0 Å². The zero-order valence-corrected chi connectivity index (χ0v) is 6.95. The third-order valence-corrected chi connectivity index (χ3v) is 1.71. The molecule has 0 saturated heterocycles. The fraction of sp³-hybridized carbons (Fsp3) is 0.400. The molecule has 12 heavy (non-hydrogen) atoms. The Kier molecular flexibility index (Phi) is 3.77. The SMILES string of the molecule is OCCc1c[c]cc(CCO)c1. The van der Waals surface area contributed by atoms with Gasteiger partial charge in [0, 0.05) is 13.2 Å². The van der Waals surface area contributed by atoms with E-state index >= 15 is 0 Å². The Morgan fingerprint density at radius 1 is 1.00 bits per heavy atom. The van der Waals surface area contributed by atoms with Crippen molar-refractivity contribution in [2.75, 3.05) is 13.2 Å². The number of benzene rings is 1. The topological polar surface area (TPSA) is 40.5 Å². The van der Waals surface area contributed by atoms with E-state index in [9.17, 15) is 0 Å². The molecule has 0 amide bonds. The lowest BCUT2D eigenvalue weighted by molar-refractivity contribution is 0.298. The lowest BCUT2D eigenvalue weighted by Crippen LogP contribution is -1.94. The highest BCUT2D eigenvalue weighted by molar-refractivity contribution is 5.22. The summed E-state index contributed by atoms with van der Waals surface area (Å²) in [5.74, 6) is 0. The molecule has 0 heterocycles. The van der Waals surface area contributed by atoms with Crippen molar-refractivity contribution >= 4 is 0 Å². The predicted molar refractivity (Wildman–Crippen MR) is 46.9 cm³/mol. The molecular formula is C10H13O2. The molecule has 0 atom stereocenters. The van der Waals surface area contributed by atoms with Crippen LogP contribution in [-0.2, 0) is 12.8 Å². The van der Waals surface area contributed by atoms with E-state index in [1.54, 1.807) is 0 Å². The normalized spacial score (nSPS) is 10.2. The van der Waals surface area contributed by atoms with Gasteiger partial charge in [-0.3, -0.25) is 0 Å². The van der Waals surface area contributed by atoms with Gasteiger partial charge < -0.3 is 10.2 Å². The Morgan fingerprint density at radius 3 is 1.92 bits per heavy atom. The Balaban J connectivity index is 2.67. The highest BCUT2D eigenvalue weighted by atomic mass is 16.3. The van der Waals surface area contributed by atoms with Gasteiger partial charge >= 0.3 is 0 Å². The fourth-order valence-corrected chi connectivity index (χ4v) is 1.12. The van der Waals surface area contributed by atoms with Gasteiger partial charge in [0.15, 0.2) is 0 Å². The molecule has 2 N–H and O–H groups in total. The van der Waals surface area contributed by atoms with Crippen molar-refractivity contribution in [3.63, 3.8) is 0 Å². The molecular weight excluding hydrogens is 152 g/mol. The van der Waals surface area contributed by atoms with Crippen LogP contribution in [0.5, 0.6) is 0 Å². The molecule has 0 aliphatic rings. The van der Waals surface area contributed by atoms with Crippen molar-refractivity contribution < 1.29 is 10.2 Å². The number of rotatable bonds is 4. The van der Waals surface area contributed by atoms with E-state index in [-0.39, 0.29) is 13.2 Å². The molecule has 0 aliphatic heterocycles. The van der Waals surface area contributed by atoms with Crippen LogP contribution in [0.15, 0.2) is 18.2 Å². The van der Waals surface area contributed by atoms with Crippen LogP contribution >= 0.6 is 0 Å². The lowest BCUT2D eigenvalue weighted by Gasteiger charge is -2.01. The first-order valence-corrected chi connectivity index (χ1v) is 4.07. The Labute approximate surface area is 72.5 Å². The predicted octanol–water partition coefficient (Wildman–Crippen LogP) is 0.556. The molecule has 0 bridgehead atoms. The summed E-state index contributed by atoms with van der Waals surface area (Å²) in [5.41, 5.74) is 2.15. The maximum atomic E-state index is 8.68. The van der Waals surface area contributed by atoms with Gasteiger partial charge in [-0.1, -0.05) is 18.2 Å². The van der Waals surface area contributed by atoms with Crippen molar-refractivity contribution in [3.05, 3.63) is 35.4 Å². The number of hydrogen-bond acceptors (Lipinski definition) is 2. The van der Waals surface area contributed by atoms with E-state index in [1.165, 1.54) is 0 Å². The molecule has 0 spiro atoms.